The van der Waals surface area contributed by atoms with Gasteiger partial charge in [-0.15, -0.1) is 0 Å². The van der Waals surface area contributed by atoms with Crippen molar-refractivity contribution in [2.75, 3.05) is 26.7 Å². The van der Waals surface area contributed by atoms with Gasteiger partial charge in [0.1, 0.15) is 5.75 Å². The number of hydrogen-bond donors (Lipinski definition) is 1. The summed E-state index contributed by atoms with van der Waals surface area (Å²) in [6, 6.07) is 8.86. The molecular weight excluding hydrogens is 300 g/mol. The first kappa shape index (κ1) is 17.3. The maximum absolute atomic E-state index is 12.7. The summed E-state index contributed by atoms with van der Waals surface area (Å²) >= 11 is 0. The third-order valence-corrected chi connectivity index (χ3v) is 5.58. The summed E-state index contributed by atoms with van der Waals surface area (Å²) < 4.78 is 5.22. The maximum atomic E-state index is 12.7. The highest BCUT2D eigenvalue weighted by molar-refractivity contribution is 5.79. The number of rotatable bonds is 4. The van der Waals surface area contributed by atoms with E-state index in [4.69, 9.17) is 4.74 Å². The van der Waals surface area contributed by atoms with Gasteiger partial charge in [0.15, 0.2) is 0 Å². The first-order valence-electron chi connectivity index (χ1n) is 9.31. The second kappa shape index (κ2) is 8.02. The Balaban J connectivity index is 1.47. The minimum Gasteiger partial charge on any atom is -0.497 e. The molecule has 0 bridgehead atoms. The van der Waals surface area contributed by atoms with Crippen molar-refractivity contribution in [3.8, 4) is 5.75 Å². The fourth-order valence-corrected chi connectivity index (χ4v) is 4.07. The first-order valence-corrected chi connectivity index (χ1v) is 9.31. The summed E-state index contributed by atoms with van der Waals surface area (Å²) in [5, 5.41) is 3.43. The van der Waals surface area contributed by atoms with Crippen molar-refractivity contribution in [2.45, 2.75) is 45.1 Å². The molecule has 1 amide bonds. The summed E-state index contributed by atoms with van der Waals surface area (Å²) in [5.74, 6) is 2.23. The lowest BCUT2D eigenvalue weighted by Gasteiger charge is -2.36. The molecule has 4 heteroatoms. The van der Waals surface area contributed by atoms with Crippen molar-refractivity contribution >= 4 is 5.91 Å². The van der Waals surface area contributed by atoms with Crippen molar-refractivity contribution in [1.29, 1.82) is 0 Å². The van der Waals surface area contributed by atoms with Crippen LogP contribution in [0.25, 0.3) is 0 Å². The Labute approximate surface area is 145 Å². The number of carbonyl (C=O) groups excluding carboxylic acids is 1. The summed E-state index contributed by atoms with van der Waals surface area (Å²) in [6.07, 6.45) is 5.34. The molecule has 1 aromatic rings. The molecule has 0 aliphatic carbocycles. The van der Waals surface area contributed by atoms with Crippen LogP contribution in [-0.4, -0.2) is 43.6 Å². The molecule has 3 rings (SSSR count). The first-order chi connectivity index (χ1) is 11.7. The van der Waals surface area contributed by atoms with E-state index in [0.717, 1.165) is 57.5 Å². The van der Waals surface area contributed by atoms with Crippen LogP contribution in [0.5, 0.6) is 5.75 Å². The predicted octanol–water partition coefficient (Wildman–Crippen LogP) is 2.86. The van der Waals surface area contributed by atoms with E-state index in [1.807, 2.05) is 12.1 Å². The van der Waals surface area contributed by atoms with E-state index in [1.54, 1.807) is 7.11 Å². The van der Waals surface area contributed by atoms with Crippen LogP contribution in [0.15, 0.2) is 24.3 Å². The number of ether oxygens (including phenoxy) is 1. The maximum Gasteiger partial charge on any atom is 0.225 e. The van der Waals surface area contributed by atoms with Gasteiger partial charge < -0.3 is 15.0 Å². The number of nitrogens with one attached hydrogen (secondary N) is 1. The van der Waals surface area contributed by atoms with E-state index in [1.165, 1.54) is 5.56 Å². The zero-order valence-electron chi connectivity index (χ0n) is 15.0. The third-order valence-electron chi connectivity index (χ3n) is 5.58. The van der Waals surface area contributed by atoms with E-state index >= 15 is 0 Å². The van der Waals surface area contributed by atoms with Crippen molar-refractivity contribution < 1.29 is 9.53 Å². The van der Waals surface area contributed by atoms with E-state index in [9.17, 15) is 4.79 Å². The van der Waals surface area contributed by atoms with Gasteiger partial charge in [0.05, 0.1) is 7.11 Å². The van der Waals surface area contributed by atoms with Crippen molar-refractivity contribution in [3.63, 3.8) is 0 Å². The Morgan fingerprint density at radius 1 is 1.21 bits per heavy atom. The number of carbonyl (C=O) groups is 1. The molecule has 0 radical (unpaired) electrons. The number of nitrogens with zero attached hydrogens (tertiary/aromatic N) is 1. The Morgan fingerprint density at radius 3 is 2.54 bits per heavy atom. The van der Waals surface area contributed by atoms with Crippen LogP contribution in [0.2, 0.25) is 0 Å². The normalized spacial score (nSPS) is 25.5. The molecule has 2 atom stereocenters. The van der Waals surface area contributed by atoms with Gasteiger partial charge in [0, 0.05) is 25.0 Å². The van der Waals surface area contributed by atoms with Crippen LogP contribution in [0.3, 0.4) is 0 Å². The molecule has 24 heavy (non-hydrogen) atoms. The second-order valence-corrected chi connectivity index (χ2v) is 7.40. The van der Waals surface area contributed by atoms with E-state index < -0.39 is 0 Å². The van der Waals surface area contributed by atoms with E-state index in [2.05, 4.69) is 29.3 Å². The number of methoxy groups -OCH3 is 1. The van der Waals surface area contributed by atoms with E-state index in [-0.39, 0.29) is 5.92 Å². The number of piperidine rings is 2. The molecule has 4 nitrogen and oxygen atoms in total. The molecule has 1 N–H and O–H groups in total. The average molecular weight is 330 g/mol. The topological polar surface area (TPSA) is 41.6 Å². The SMILES string of the molecule is COc1ccc(CC2CCN(C(=O)[C@H]3CCN[C@@H](C)C3)CC2)cc1. The van der Waals surface area contributed by atoms with Crippen LogP contribution in [0.4, 0.5) is 0 Å². The summed E-state index contributed by atoms with van der Waals surface area (Å²) in [7, 11) is 1.70. The minimum atomic E-state index is 0.236. The summed E-state index contributed by atoms with van der Waals surface area (Å²) in [4.78, 5) is 14.8. The van der Waals surface area contributed by atoms with Crippen molar-refractivity contribution in [1.82, 2.24) is 10.2 Å². The molecule has 2 aliphatic heterocycles. The second-order valence-electron chi connectivity index (χ2n) is 7.40. The highest BCUT2D eigenvalue weighted by Gasteiger charge is 2.30. The molecule has 2 aliphatic rings. The Bertz CT molecular complexity index is 535. The number of benzene rings is 1. The molecule has 0 saturated carbocycles. The smallest absolute Gasteiger partial charge is 0.225 e. The zero-order chi connectivity index (χ0) is 16.9. The van der Waals surface area contributed by atoms with Crippen molar-refractivity contribution in [3.05, 3.63) is 29.8 Å². The molecule has 132 valence electrons. The van der Waals surface area contributed by atoms with Crippen LogP contribution in [0, 0.1) is 11.8 Å². The lowest BCUT2D eigenvalue weighted by atomic mass is 9.88. The summed E-state index contributed by atoms with van der Waals surface area (Å²) in [6.45, 7) is 5.02. The minimum absolute atomic E-state index is 0.236. The van der Waals surface area contributed by atoms with E-state index in [0.29, 0.717) is 17.9 Å². The molecular formula is C20H30N2O2. The number of amides is 1. The van der Waals surface area contributed by atoms with Gasteiger partial charge in [-0.25, -0.2) is 0 Å². The zero-order valence-corrected chi connectivity index (χ0v) is 15.0. The Morgan fingerprint density at radius 2 is 1.92 bits per heavy atom. The Kier molecular flexibility index (Phi) is 5.77. The fourth-order valence-electron chi connectivity index (χ4n) is 4.07. The van der Waals surface area contributed by atoms with Crippen LogP contribution < -0.4 is 10.1 Å². The largest absolute Gasteiger partial charge is 0.497 e. The fraction of sp³-hybridized carbons (Fsp3) is 0.650. The number of likely N-dealkylation sites (tertiary alicyclic amines) is 1. The summed E-state index contributed by atoms with van der Waals surface area (Å²) in [5.41, 5.74) is 1.37. The van der Waals surface area contributed by atoms with Crippen molar-refractivity contribution in [2.24, 2.45) is 11.8 Å². The molecule has 0 aromatic heterocycles. The number of hydrogen-bond acceptors (Lipinski definition) is 3. The molecule has 2 saturated heterocycles. The monoisotopic (exact) mass is 330 g/mol. The van der Waals surface area contributed by atoms with Gasteiger partial charge in [-0.2, -0.15) is 0 Å². The van der Waals surface area contributed by atoms with Gasteiger partial charge >= 0.3 is 0 Å². The Hall–Kier alpha value is -1.55. The highest BCUT2D eigenvalue weighted by Crippen LogP contribution is 2.26. The lowest BCUT2D eigenvalue weighted by molar-refractivity contribution is -0.138. The van der Waals surface area contributed by atoms with Crippen LogP contribution >= 0.6 is 0 Å². The predicted molar refractivity (Wildman–Crippen MR) is 96.2 cm³/mol. The molecule has 0 unspecified atom stereocenters. The standard InChI is InChI=1S/C20H30N2O2/c1-15-13-18(7-10-21-15)20(23)22-11-8-17(9-12-22)14-16-3-5-19(24-2)6-4-16/h3-6,15,17-18,21H,7-14H2,1-2H3/t15-,18-/m0/s1. The third kappa shape index (κ3) is 4.29. The van der Waals surface area contributed by atoms with Gasteiger partial charge in [-0.3, -0.25) is 4.79 Å². The molecule has 0 spiro atoms. The van der Waals surface area contributed by atoms with Gasteiger partial charge in [-0.05, 0) is 69.2 Å². The van der Waals surface area contributed by atoms with Crippen LogP contribution in [-0.2, 0) is 11.2 Å². The lowest BCUT2D eigenvalue weighted by Crippen LogP contribution is -2.46. The van der Waals surface area contributed by atoms with Gasteiger partial charge in [0.2, 0.25) is 5.91 Å². The average Bonchev–Trinajstić information content (AvgIpc) is 2.62. The highest BCUT2D eigenvalue weighted by atomic mass is 16.5. The molecule has 2 fully saturated rings. The molecule has 2 heterocycles. The van der Waals surface area contributed by atoms with Crippen LogP contribution in [0.1, 0.15) is 38.2 Å². The van der Waals surface area contributed by atoms with Gasteiger partial charge in [0.25, 0.3) is 0 Å². The molecule has 1 aromatic carbocycles. The quantitative estimate of drug-likeness (QED) is 0.923. The van der Waals surface area contributed by atoms with Gasteiger partial charge in [-0.1, -0.05) is 12.1 Å².